The molecule has 25 heavy (non-hydrogen) atoms. The van der Waals surface area contributed by atoms with Crippen LogP contribution in [0.5, 0.6) is 0 Å². The van der Waals surface area contributed by atoms with Crippen molar-refractivity contribution in [3.63, 3.8) is 0 Å². The van der Waals surface area contributed by atoms with Gasteiger partial charge in [-0.3, -0.25) is 9.88 Å². The minimum atomic E-state index is 0.683. The van der Waals surface area contributed by atoms with Gasteiger partial charge in [-0.25, -0.2) is 15.0 Å². The van der Waals surface area contributed by atoms with E-state index in [4.69, 9.17) is 4.98 Å². The SMILES string of the molecule is Cn1cncc1-c1cncc(CC2CCN(Cc3cscn3)CC2)n1. The fraction of sp³-hybridized carbons (Fsp3) is 0.444. The van der Waals surface area contributed by atoms with E-state index in [1.54, 1.807) is 17.7 Å². The molecule has 0 atom stereocenters. The van der Waals surface area contributed by atoms with Crippen molar-refractivity contribution in [2.75, 3.05) is 13.1 Å². The topological polar surface area (TPSA) is 59.7 Å². The van der Waals surface area contributed by atoms with E-state index in [0.717, 1.165) is 43.1 Å². The summed E-state index contributed by atoms with van der Waals surface area (Å²) >= 11 is 1.67. The second kappa shape index (κ2) is 7.41. The largest absolute Gasteiger partial charge is 0.332 e. The van der Waals surface area contributed by atoms with Gasteiger partial charge in [0.15, 0.2) is 0 Å². The molecule has 1 aliphatic heterocycles. The standard InChI is InChI=1S/C18H22N6S/c1-23-12-20-9-18(23)17-8-19-7-15(22-17)6-14-2-4-24(5-3-14)10-16-11-25-13-21-16/h7-9,11-14H,2-6,10H2,1H3. The number of thiazole rings is 1. The molecule has 3 aromatic rings. The van der Waals surface area contributed by atoms with E-state index in [1.807, 2.05) is 35.7 Å². The molecular formula is C18H22N6S. The average Bonchev–Trinajstić information content (AvgIpc) is 3.28. The Hall–Kier alpha value is -2.12. The van der Waals surface area contributed by atoms with Crippen LogP contribution in [0.15, 0.2) is 35.8 Å². The summed E-state index contributed by atoms with van der Waals surface area (Å²) < 4.78 is 1.98. The molecule has 0 saturated carbocycles. The Morgan fingerprint density at radius 2 is 2.00 bits per heavy atom. The number of hydrogen-bond donors (Lipinski definition) is 0. The zero-order valence-corrected chi connectivity index (χ0v) is 15.2. The molecule has 130 valence electrons. The van der Waals surface area contributed by atoms with E-state index < -0.39 is 0 Å². The van der Waals surface area contributed by atoms with E-state index in [2.05, 4.69) is 25.2 Å². The Kier molecular flexibility index (Phi) is 4.85. The number of aromatic nitrogens is 5. The Balaban J connectivity index is 1.35. The van der Waals surface area contributed by atoms with Crippen molar-refractivity contribution in [3.05, 3.63) is 47.2 Å². The Morgan fingerprint density at radius 1 is 1.12 bits per heavy atom. The lowest BCUT2D eigenvalue weighted by molar-refractivity contribution is 0.175. The molecule has 0 N–H and O–H groups in total. The number of aryl methyl sites for hydroxylation is 1. The van der Waals surface area contributed by atoms with Crippen LogP contribution in [0, 0.1) is 5.92 Å². The second-order valence-corrected chi connectivity index (χ2v) is 7.41. The fourth-order valence-corrected chi connectivity index (χ4v) is 3.97. The molecule has 1 aliphatic rings. The lowest BCUT2D eigenvalue weighted by Gasteiger charge is -2.31. The molecule has 1 saturated heterocycles. The van der Waals surface area contributed by atoms with Crippen LogP contribution in [0.4, 0.5) is 0 Å². The molecule has 0 aliphatic carbocycles. The molecule has 1 fully saturated rings. The normalized spacial score (nSPS) is 16.4. The van der Waals surface area contributed by atoms with E-state index in [9.17, 15) is 0 Å². The van der Waals surface area contributed by atoms with Crippen LogP contribution in [-0.2, 0) is 20.0 Å². The molecule has 3 aromatic heterocycles. The van der Waals surface area contributed by atoms with Gasteiger partial charge in [-0.2, -0.15) is 0 Å². The lowest BCUT2D eigenvalue weighted by Crippen LogP contribution is -2.34. The number of hydrogen-bond acceptors (Lipinski definition) is 6. The van der Waals surface area contributed by atoms with E-state index >= 15 is 0 Å². The van der Waals surface area contributed by atoms with Gasteiger partial charge in [0.25, 0.3) is 0 Å². The Labute approximate surface area is 151 Å². The van der Waals surface area contributed by atoms with Crippen LogP contribution in [0.2, 0.25) is 0 Å². The maximum absolute atomic E-state index is 4.80. The summed E-state index contributed by atoms with van der Waals surface area (Å²) in [6.45, 7) is 3.25. The highest BCUT2D eigenvalue weighted by Crippen LogP contribution is 2.23. The summed E-state index contributed by atoms with van der Waals surface area (Å²) in [5.41, 5.74) is 6.09. The summed E-state index contributed by atoms with van der Waals surface area (Å²) in [5.74, 6) is 0.683. The number of rotatable bonds is 5. The zero-order chi connectivity index (χ0) is 17.1. The first-order chi connectivity index (χ1) is 12.3. The minimum Gasteiger partial charge on any atom is -0.332 e. The van der Waals surface area contributed by atoms with Gasteiger partial charge in [0.2, 0.25) is 0 Å². The van der Waals surface area contributed by atoms with Crippen molar-refractivity contribution in [3.8, 4) is 11.4 Å². The average molecular weight is 354 g/mol. The minimum absolute atomic E-state index is 0.683. The first kappa shape index (κ1) is 16.4. The first-order valence-electron chi connectivity index (χ1n) is 8.65. The molecule has 0 unspecified atom stereocenters. The molecule has 6 nitrogen and oxygen atoms in total. The molecule has 0 radical (unpaired) electrons. The van der Waals surface area contributed by atoms with Crippen molar-refractivity contribution >= 4 is 11.3 Å². The number of nitrogens with zero attached hydrogens (tertiary/aromatic N) is 6. The van der Waals surface area contributed by atoms with Gasteiger partial charge in [-0.1, -0.05) is 0 Å². The molecule has 0 amide bonds. The molecule has 4 rings (SSSR count). The zero-order valence-electron chi connectivity index (χ0n) is 14.4. The third-order valence-corrected chi connectivity index (χ3v) is 5.47. The van der Waals surface area contributed by atoms with E-state index in [1.165, 1.54) is 18.5 Å². The smallest absolute Gasteiger partial charge is 0.107 e. The summed E-state index contributed by atoms with van der Waals surface area (Å²) in [4.78, 5) is 20.3. The van der Waals surface area contributed by atoms with Gasteiger partial charge in [0.05, 0.1) is 41.3 Å². The molecule has 0 bridgehead atoms. The molecule has 0 spiro atoms. The third-order valence-electron chi connectivity index (χ3n) is 4.84. The fourth-order valence-electron chi connectivity index (χ4n) is 3.42. The van der Waals surface area contributed by atoms with Gasteiger partial charge in [0, 0.05) is 25.2 Å². The second-order valence-electron chi connectivity index (χ2n) is 6.69. The van der Waals surface area contributed by atoms with Crippen molar-refractivity contribution < 1.29 is 0 Å². The van der Waals surface area contributed by atoms with Crippen LogP contribution in [0.1, 0.15) is 24.2 Å². The number of imidazole rings is 1. The van der Waals surface area contributed by atoms with E-state index in [0.29, 0.717) is 5.92 Å². The van der Waals surface area contributed by atoms with Gasteiger partial charge in [-0.05, 0) is 38.3 Å². The van der Waals surface area contributed by atoms with Crippen molar-refractivity contribution in [1.29, 1.82) is 0 Å². The summed E-state index contributed by atoms with van der Waals surface area (Å²) in [6, 6.07) is 0. The molecule has 4 heterocycles. The van der Waals surface area contributed by atoms with Crippen LogP contribution in [-0.4, -0.2) is 42.5 Å². The van der Waals surface area contributed by atoms with Gasteiger partial charge in [0.1, 0.15) is 5.69 Å². The van der Waals surface area contributed by atoms with Crippen LogP contribution in [0.25, 0.3) is 11.4 Å². The highest BCUT2D eigenvalue weighted by Gasteiger charge is 2.20. The van der Waals surface area contributed by atoms with Crippen LogP contribution >= 0.6 is 11.3 Å². The van der Waals surface area contributed by atoms with Crippen molar-refractivity contribution in [1.82, 2.24) is 29.4 Å². The lowest BCUT2D eigenvalue weighted by atomic mass is 9.92. The molecular weight excluding hydrogens is 332 g/mol. The van der Waals surface area contributed by atoms with Crippen LogP contribution < -0.4 is 0 Å². The summed E-state index contributed by atoms with van der Waals surface area (Å²) in [6.07, 6.45) is 10.8. The van der Waals surface area contributed by atoms with Gasteiger partial charge in [-0.15, -0.1) is 11.3 Å². The molecule has 0 aromatic carbocycles. The number of likely N-dealkylation sites (tertiary alicyclic amines) is 1. The maximum Gasteiger partial charge on any atom is 0.107 e. The maximum atomic E-state index is 4.80. The predicted octanol–water partition coefficient (Wildman–Crippen LogP) is 2.79. The predicted molar refractivity (Wildman–Crippen MR) is 98.1 cm³/mol. The number of piperidine rings is 1. The monoisotopic (exact) mass is 354 g/mol. The highest BCUT2D eigenvalue weighted by molar-refractivity contribution is 7.07. The Bertz CT molecular complexity index is 805. The molecule has 7 heteroatoms. The van der Waals surface area contributed by atoms with E-state index in [-0.39, 0.29) is 0 Å². The summed E-state index contributed by atoms with van der Waals surface area (Å²) in [7, 11) is 1.98. The quantitative estimate of drug-likeness (QED) is 0.705. The highest BCUT2D eigenvalue weighted by atomic mass is 32.1. The summed E-state index contributed by atoms with van der Waals surface area (Å²) in [5, 5.41) is 2.14. The van der Waals surface area contributed by atoms with Crippen molar-refractivity contribution in [2.45, 2.75) is 25.8 Å². The van der Waals surface area contributed by atoms with Crippen LogP contribution in [0.3, 0.4) is 0 Å². The van der Waals surface area contributed by atoms with Gasteiger partial charge >= 0.3 is 0 Å². The Morgan fingerprint density at radius 3 is 2.72 bits per heavy atom. The third kappa shape index (κ3) is 3.93. The van der Waals surface area contributed by atoms with Gasteiger partial charge < -0.3 is 4.57 Å². The van der Waals surface area contributed by atoms with Crippen molar-refractivity contribution in [2.24, 2.45) is 13.0 Å². The first-order valence-corrected chi connectivity index (χ1v) is 9.59.